The fourth-order valence-corrected chi connectivity index (χ4v) is 5.64. The molecule has 232 valence electrons. The molecule has 0 spiro atoms. The van der Waals surface area contributed by atoms with E-state index in [-0.39, 0.29) is 30.1 Å². The monoisotopic (exact) mass is 588 g/mol. The lowest BCUT2D eigenvalue weighted by Gasteiger charge is -2.29. The maximum Gasteiger partial charge on any atom is 0.253 e. The third-order valence-corrected chi connectivity index (χ3v) is 7.73. The molecule has 2 aromatic carbocycles. The van der Waals surface area contributed by atoms with Crippen molar-refractivity contribution in [1.29, 1.82) is 0 Å². The van der Waals surface area contributed by atoms with E-state index in [0.717, 1.165) is 56.7 Å². The van der Waals surface area contributed by atoms with Crippen molar-refractivity contribution in [2.24, 2.45) is 5.92 Å². The second kappa shape index (κ2) is 16.7. The van der Waals surface area contributed by atoms with Crippen LogP contribution in [0.4, 0.5) is 8.78 Å². The number of halogens is 2. The van der Waals surface area contributed by atoms with Crippen LogP contribution in [0.3, 0.4) is 0 Å². The van der Waals surface area contributed by atoms with Crippen LogP contribution in [0, 0.1) is 24.5 Å². The van der Waals surface area contributed by atoms with Crippen molar-refractivity contribution < 1.29 is 33.3 Å². The highest BCUT2D eigenvalue weighted by molar-refractivity contribution is 6.00. The van der Waals surface area contributed by atoms with Gasteiger partial charge in [-0.2, -0.15) is 0 Å². The maximum absolute atomic E-state index is 14.0. The van der Waals surface area contributed by atoms with Gasteiger partial charge in [-0.25, -0.2) is 8.78 Å². The van der Waals surface area contributed by atoms with E-state index in [2.05, 4.69) is 5.32 Å². The third-order valence-electron chi connectivity index (χ3n) is 7.73. The molecule has 9 heteroatoms. The average Bonchev–Trinajstić information content (AvgIpc) is 2.95. The summed E-state index contributed by atoms with van der Waals surface area (Å²) in [5, 5.41) is 24.6. The van der Waals surface area contributed by atoms with Crippen LogP contribution in [0.25, 0.3) is 0 Å². The van der Waals surface area contributed by atoms with Gasteiger partial charge in [0.2, 0.25) is 0 Å². The van der Waals surface area contributed by atoms with Crippen LogP contribution >= 0.6 is 0 Å². The Balaban J connectivity index is 1.78. The molecule has 3 rings (SSSR count). The molecule has 0 unspecified atom stereocenters. The zero-order valence-corrected chi connectivity index (χ0v) is 25.1. The van der Waals surface area contributed by atoms with Crippen molar-refractivity contribution >= 4 is 11.8 Å². The van der Waals surface area contributed by atoms with E-state index in [0.29, 0.717) is 36.7 Å². The first-order valence-electron chi connectivity index (χ1n) is 15.2. The Labute approximate surface area is 248 Å². The quantitative estimate of drug-likeness (QED) is 0.266. The van der Waals surface area contributed by atoms with E-state index in [1.165, 1.54) is 12.5 Å². The summed E-state index contributed by atoms with van der Waals surface area (Å²) in [5.41, 5.74) is 1.50. The van der Waals surface area contributed by atoms with Crippen LogP contribution in [0.5, 0.6) is 0 Å². The Morgan fingerprint density at radius 2 is 1.57 bits per heavy atom. The molecular formula is C33H46F2N2O5. The molecule has 1 aliphatic rings. The molecule has 3 N–H and O–H groups in total. The number of aliphatic hydroxyl groups excluding tert-OH is 2. The number of carbonyl (C=O) groups excluding carboxylic acids is 2. The number of nitrogens with one attached hydrogen (secondary N) is 1. The van der Waals surface area contributed by atoms with E-state index in [1.807, 2.05) is 13.8 Å². The smallest absolute Gasteiger partial charge is 0.253 e. The minimum atomic E-state index is -1.48. The lowest BCUT2D eigenvalue weighted by molar-refractivity contribution is -0.0576. The second-order valence-corrected chi connectivity index (χ2v) is 11.5. The van der Waals surface area contributed by atoms with E-state index >= 15 is 0 Å². The number of aryl methyl sites for hydroxylation is 1. The van der Waals surface area contributed by atoms with Gasteiger partial charge in [0, 0.05) is 36.9 Å². The Bertz CT molecular complexity index is 1140. The largest absolute Gasteiger partial charge is 0.388 e. The molecule has 1 saturated carbocycles. The summed E-state index contributed by atoms with van der Waals surface area (Å²) in [4.78, 5) is 28.4. The molecule has 1 aliphatic carbocycles. The molecule has 42 heavy (non-hydrogen) atoms. The molecule has 0 heterocycles. The molecular weight excluding hydrogens is 542 g/mol. The summed E-state index contributed by atoms with van der Waals surface area (Å²) in [6.07, 6.45) is 4.29. The van der Waals surface area contributed by atoms with Crippen LogP contribution in [-0.4, -0.2) is 71.5 Å². The number of ether oxygens (including phenoxy) is 1. The van der Waals surface area contributed by atoms with Crippen molar-refractivity contribution in [2.75, 3.05) is 26.3 Å². The van der Waals surface area contributed by atoms with E-state index in [1.54, 1.807) is 24.0 Å². The van der Waals surface area contributed by atoms with Gasteiger partial charge in [0.15, 0.2) is 0 Å². The molecule has 0 saturated heterocycles. The van der Waals surface area contributed by atoms with Gasteiger partial charge in [-0.05, 0) is 86.4 Å². The standard InChI is InChI=1S/C33H46F2N2O5/c1-4-11-37(12-5-2)33(41)26-14-22(3)13-25(18-26)32(40)36-29(17-24-15-27(34)19-28(35)16-24)31(39)30(38)21-42-20-23-9-7-6-8-10-23/h13-16,18-19,23,29-31,38-39H,4-12,17,20-21H2,1-3H3,(H,36,40)/t29-,30+,31+/m0/s1. The van der Waals surface area contributed by atoms with Gasteiger partial charge >= 0.3 is 0 Å². The molecule has 0 radical (unpaired) electrons. The van der Waals surface area contributed by atoms with Gasteiger partial charge in [-0.1, -0.05) is 33.1 Å². The minimum absolute atomic E-state index is 0.139. The number of hydrogen-bond donors (Lipinski definition) is 3. The Morgan fingerprint density at radius 3 is 2.19 bits per heavy atom. The van der Waals surface area contributed by atoms with Crippen LogP contribution in [0.15, 0.2) is 36.4 Å². The lowest BCUT2D eigenvalue weighted by atomic mass is 9.90. The van der Waals surface area contributed by atoms with Crippen LogP contribution in [-0.2, 0) is 11.2 Å². The zero-order chi connectivity index (χ0) is 30.6. The highest BCUT2D eigenvalue weighted by Gasteiger charge is 2.30. The van der Waals surface area contributed by atoms with Gasteiger partial charge in [-0.3, -0.25) is 9.59 Å². The van der Waals surface area contributed by atoms with Crippen molar-refractivity contribution in [3.63, 3.8) is 0 Å². The summed E-state index contributed by atoms with van der Waals surface area (Å²) in [5.74, 6) is -1.91. The summed E-state index contributed by atoms with van der Waals surface area (Å²) in [7, 11) is 0. The zero-order valence-electron chi connectivity index (χ0n) is 25.1. The molecule has 7 nitrogen and oxygen atoms in total. The predicted molar refractivity (Wildman–Crippen MR) is 158 cm³/mol. The van der Waals surface area contributed by atoms with Crippen LogP contribution in [0.2, 0.25) is 0 Å². The molecule has 2 amide bonds. The number of carbonyl (C=O) groups is 2. The van der Waals surface area contributed by atoms with Gasteiger partial charge in [0.25, 0.3) is 11.8 Å². The molecule has 1 fully saturated rings. The first-order valence-corrected chi connectivity index (χ1v) is 15.2. The summed E-state index contributed by atoms with van der Waals surface area (Å²) >= 11 is 0. The molecule has 0 bridgehead atoms. The SMILES string of the molecule is CCCN(CCC)C(=O)c1cc(C)cc(C(=O)N[C@@H](Cc2cc(F)cc(F)c2)[C@@H](O)[C@H](O)COCC2CCCCC2)c1. The van der Waals surface area contributed by atoms with Crippen molar-refractivity contribution in [1.82, 2.24) is 10.2 Å². The first-order chi connectivity index (χ1) is 20.1. The number of hydrogen-bond acceptors (Lipinski definition) is 5. The summed E-state index contributed by atoms with van der Waals surface area (Å²) in [6.45, 7) is 7.31. The normalized spacial score (nSPS) is 16.1. The molecule has 3 atom stereocenters. The minimum Gasteiger partial charge on any atom is -0.388 e. The number of benzene rings is 2. The van der Waals surface area contributed by atoms with Crippen LogP contribution < -0.4 is 5.32 Å². The summed E-state index contributed by atoms with van der Waals surface area (Å²) in [6, 6.07) is 6.77. The van der Waals surface area contributed by atoms with Crippen molar-refractivity contribution in [3.8, 4) is 0 Å². The number of aliphatic hydroxyl groups is 2. The Hall–Kier alpha value is -2.88. The Kier molecular flexibility index (Phi) is 13.4. The topological polar surface area (TPSA) is 99.1 Å². The molecule has 0 aliphatic heterocycles. The number of amides is 2. The fraction of sp³-hybridized carbons (Fsp3) is 0.576. The lowest BCUT2D eigenvalue weighted by Crippen LogP contribution is -2.51. The predicted octanol–water partition coefficient (Wildman–Crippen LogP) is 5.20. The molecule has 0 aromatic heterocycles. The van der Waals surface area contributed by atoms with Crippen molar-refractivity contribution in [2.45, 2.75) is 90.4 Å². The van der Waals surface area contributed by atoms with E-state index < -0.39 is 35.8 Å². The fourth-order valence-electron chi connectivity index (χ4n) is 5.64. The van der Waals surface area contributed by atoms with E-state index in [4.69, 9.17) is 4.74 Å². The number of nitrogens with zero attached hydrogens (tertiary/aromatic N) is 1. The van der Waals surface area contributed by atoms with Gasteiger partial charge in [-0.15, -0.1) is 0 Å². The molecule has 2 aromatic rings. The van der Waals surface area contributed by atoms with Gasteiger partial charge in [0.1, 0.15) is 23.8 Å². The number of rotatable bonds is 15. The highest BCUT2D eigenvalue weighted by Crippen LogP contribution is 2.24. The summed E-state index contributed by atoms with van der Waals surface area (Å²) < 4.78 is 33.6. The first kappa shape index (κ1) is 33.6. The highest BCUT2D eigenvalue weighted by atomic mass is 19.1. The van der Waals surface area contributed by atoms with Gasteiger partial charge < -0.3 is 25.2 Å². The average molecular weight is 589 g/mol. The van der Waals surface area contributed by atoms with E-state index in [9.17, 15) is 28.6 Å². The maximum atomic E-state index is 14.0. The van der Waals surface area contributed by atoms with Crippen LogP contribution in [0.1, 0.15) is 90.6 Å². The Morgan fingerprint density at radius 1 is 0.952 bits per heavy atom. The van der Waals surface area contributed by atoms with Gasteiger partial charge in [0.05, 0.1) is 12.6 Å². The second-order valence-electron chi connectivity index (χ2n) is 11.5. The third kappa shape index (κ3) is 10.1. The van der Waals surface area contributed by atoms with Crippen molar-refractivity contribution in [3.05, 3.63) is 70.3 Å².